The van der Waals surface area contributed by atoms with Crippen molar-refractivity contribution in [2.45, 2.75) is 6.92 Å². The first-order chi connectivity index (χ1) is 8.86. The summed E-state index contributed by atoms with van der Waals surface area (Å²) in [5, 5.41) is 7.44. The Bertz CT molecular complexity index is 642. The van der Waals surface area contributed by atoms with Crippen molar-refractivity contribution in [3.63, 3.8) is 0 Å². The van der Waals surface area contributed by atoms with Crippen LogP contribution in [0.25, 0.3) is 22.5 Å². The molecule has 0 aliphatic rings. The largest absolute Gasteiger partial charge is 0.282 e. The number of aryl methyl sites for hydroxylation is 1. The van der Waals surface area contributed by atoms with Crippen LogP contribution in [-0.4, -0.2) is 15.2 Å². The standard InChI is InChI=1S/C15H13N3/c1-11-14(13-9-5-6-10-16-13)15(18-17-11)12-7-3-2-4-8-12/h2-10H,1H3,(H,17,18). The lowest BCUT2D eigenvalue weighted by Crippen LogP contribution is -1.86. The van der Waals surface area contributed by atoms with Crippen molar-refractivity contribution >= 4 is 0 Å². The molecule has 3 rings (SSSR count). The van der Waals surface area contributed by atoms with Crippen LogP contribution in [0.15, 0.2) is 54.7 Å². The minimum Gasteiger partial charge on any atom is -0.282 e. The van der Waals surface area contributed by atoms with Gasteiger partial charge in [0.25, 0.3) is 0 Å². The zero-order valence-corrected chi connectivity index (χ0v) is 10.1. The minimum absolute atomic E-state index is 0.947. The van der Waals surface area contributed by atoms with Crippen molar-refractivity contribution in [2.75, 3.05) is 0 Å². The van der Waals surface area contributed by atoms with Gasteiger partial charge in [-0.2, -0.15) is 5.10 Å². The molecule has 0 amide bonds. The number of pyridine rings is 1. The molecule has 0 aliphatic heterocycles. The number of aromatic amines is 1. The van der Waals surface area contributed by atoms with E-state index in [1.54, 1.807) is 6.20 Å². The van der Waals surface area contributed by atoms with Gasteiger partial charge in [-0.1, -0.05) is 36.4 Å². The normalized spacial score (nSPS) is 10.5. The highest BCUT2D eigenvalue weighted by molar-refractivity contribution is 5.80. The van der Waals surface area contributed by atoms with Crippen LogP contribution in [0.1, 0.15) is 5.69 Å². The van der Waals surface area contributed by atoms with E-state index >= 15 is 0 Å². The highest BCUT2D eigenvalue weighted by atomic mass is 15.1. The molecule has 2 aromatic heterocycles. The number of aromatic nitrogens is 3. The number of hydrogen-bond acceptors (Lipinski definition) is 2. The number of nitrogens with zero attached hydrogens (tertiary/aromatic N) is 2. The average molecular weight is 235 g/mol. The summed E-state index contributed by atoms with van der Waals surface area (Å²) in [6, 6.07) is 16.1. The van der Waals surface area contributed by atoms with Crippen LogP contribution < -0.4 is 0 Å². The molecule has 18 heavy (non-hydrogen) atoms. The molecular weight excluding hydrogens is 222 g/mol. The van der Waals surface area contributed by atoms with Crippen molar-refractivity contribution < 1.29 is 0 Å². The monoisotopic (exact) mass is 235 g/mol. The van der Waals surface area contributed by atoms with E-state index in [4.69, 9.17) is 0 Å². The molecule has 3 nitrogen and oxygen atoms in total. The third-order valence-corrected chi connectivity index (χ3v) is 2.92. The summed E-state index contributed by atoms with van der Waals surface area (Å²) in [5.74, 6) is 0. The molecule has 1 N–H and O–H groups in total. The molecule has 0 spiro atoms. The molecule has 0 unspecified atom stereocenters. The number of benzene rings is 1. The van der Waals surface area contributed by atoms with E-state index in [0.717, 1.165) is 28.2 Å². The number of rotatable bonds is 2. The van der Waals surface area contributed by atoms with Gasteiger partial charge < -0.3 is 0 Å². The Morgan fingerprint density at radius 2 is 1.72 bits per heavy atom. The topological polar surface area (TPSA) is 41.6 Å². The second-order valence-corrected chi connectivity index (χ2v) is 4.15. The van der Waals surface area contributed by atoms with Crippen LogP contribution in [0.3, 0.4) is 0 Å². The summed E-state index contributed by atoms with van der Waals surface area (Å²) in [6.07, 6.45) is 1.80. The van der Waals surface area contributed by atoms with E-state index in [9.17, 15) is 0 Å². The summed E-state index contributed by atoms with van der Waals surface area (Å²) >= 11 is 0. The first-order valence-electron chi connectivity index (χ1n) is 5.88. The maximum atomic E-state index is 4.41. The second kappa shape index (κ2) is 4.45. The Morgan fingerprint density at radius 3 is 2.44 bits per heavy atom. The molecule has 3 heteroatoms. The van der Waals surface area contributed by atoms with Gasteiger partial charge in [0.15, 0.2) is 0 Å². The lowest BCUT2D eigenvalue weighted by Gasteiger charge is -2.03. The fourth-order valence-corrected chi connectivity index (χ4v) is 2.06. The Labute approximate surface area is 106 Å². The zero-order valence-electron chi connectivity index (χ0n) is 10.1. The molecule has 88 valence electrons. The lowest BCUT2D eigenvalue weighted by atomic mass is 10.0. The highest BCUT2D eigenvalue weighted by Gasteiger charge is 2.14. The molecule has 3 aromatic rings. The van der Waals surface area contributed by atoms with Crippen LogP contribution in [-0.2, 0) is 0 Å². The average Bonchev–Trinajstić information content (AvgIpc) is 2.83. The number of nitrogens with one attached hydrogen (secondary N) is 1. The Balaban J connectivity index is 2.19. The van der Waals surface area contributed by atoms with Crippen LogP contribution >= 0.6 is 0 Å². The third-order valence-electron chi connectivity index (χ3n) is 2.92. The molecule has 0 aliphatic carbocycles. The Morgan fingerprint density at radius 1 is 0.944 bits per heavy atom. The number of hydrogen-bond donors (Lipinski definition) is 1. The van der Waals surface area contributed by atoms with Gasteiger partial charge in [0.2, 0.25) is 0 Å². The summed E-state index contributed by atoms with van der Waals surface area (Å²) in [7, 11) is 0. The van der Waals surface area contributed by atoms with E-state index in [2.05, 4.69) is 27.3 Å². The molecule has 0 radical (unpaired) electrons. The fourth-order valence-electron chi connectivity index (χ4n) is 2.06. The van der Waals surface area contributed by atoms with Gasteiger partial charge >= 0.3 is 0 Å². The summed E-state index contributed by atoms with van der Waals surface area (Å²) in [6.45, 7) is 2.02. The van der Waals surface area contributed by atoms with Crippen LogP contribution in [0.4, 0.5) is 0 Å². The SMILES string of the molecule is Cc1[nH]nc(-c2ccccc2)c1-c1ccccn1. The van der Waals surface area contributed by atoms with Crippen molar-refractivity contribution in [3.8, 4) is 22.5 Å². The molecule has 0 fully saturated rings. The van der Waals surface area contributed by atoms with Crippen molar-refractivity contribution in [1.82, 2.24) is 15.2 Å². The van der Waals surface area contributed by atoms with E-state index in [-0.39, 0.29) is 0 Å². The van der Waals surface area contributed by atoms with Crippen LogP contribution in [0.5, 0.6) is 0 Å². The van der Waals surface area contributed by atoms with Gasteiger partial charge in [-0.25, -0.2) is 0 Å². The zero-order chi connectivity index (χ0) is 12.4. The predicted molar refractivity (Wildman–Crippen MR) is 72.0 cm³/mol. The van der Waals surface area contributed by atoms with Gasteiger partial charge in [0.05, 0.1) is 5.69 Å². The highest BCUT2D eigenvalue weighted by Crippen LogP contribution is 2.31. The third kappa shape index (κ3) is 1.80. The molecule has 0 atom stereocenters. The molecule has 0 saturated carbocycles. The predicted octanol–water partition coefficient (Wildman–Crippen LogP) is 3.45. The lowest BCUT2D eigenvalue weighted by molar-refractivity contribution is 1.05. The van der Waals surface area contributed by atoms with Crippen molar-refractivity contribution in [1.29, 1.82) is 0 Å². The van der Waals surface area contributed by atoms with E-state index in [0.29, 0.717) is 0 Å². The maximum absolute atomic E-state index is 4.41. The van der Waals surface area contributed by atoms with Gasteiger partial charge in [0, 0.05) is 23.0 Å². The van der Waals surface area contributed by atoms with E-state index < -0.39 is 0 Å². The molecule has 0 bridgehead atoms. The molecule has 0 saturated heterocycles. The van der Waals surface area contributed by atoms with E-state index in [1.165, 1.54) is 0 Å². The first-order valence-corrected chi connectivity index (χ1v) is 5.88. The van der Waals surface area contributed by atoms with E-state index in [1.807, 2.05) is 43.3 Å². The van der Waals surface area contributed by atoms with Crippen LogP contribution in [0, 0.1) is 6.92 Å². The summed E-state index contributed by atoms with van der Waals surface area (Å²) in [5.41, 5.74) is 5.10. The smallest absolute Gasteiger partial charge is 0.102 e. The molecule has 2 heterocycles. The Hall–Kier alpha value is -2.42. The maximum Gasteiger partial charge on any atom is 0.102 e. The summed E-state index contributed by atoms with van der Waals surface area (Å²) < 4.78 is 0. The quantitative estimate of drug-likeness (QED) is 0.739. The second-order valence-electron chi connectivity index (χ2n) is 4.15. The van der Waals surface area contributed by atoms with Gasteiger partial charge in [-0.05, 0) is 19.1 Å². The molecular formula is C15H13N3. The van der Waals surface area contributed by atoms with Gasteiger partial charge in [-0.3, -0.25) is 10.1 Å². The van der Waals surface area contributed by atoms with Crippen LogP contribution in [0.2, 0.25) is 0 Å². The summed E-state index contributed by atoms with van der Waals surface area (Å²) in [4.78, 5) is 4.41. The van der Waals surface area contributed by atoms with Crippen molar-refractivity contribution in [3.05, 3.63) is 60.4 Å². The number of H-pyrrole nitrogens is 1. The fraction of sp³-hybridized carbons (Fsp3) is 0.0667. The molecule has 1 aromatic carbocycles. The Kier molecular flexibility index (Phi) is 2.65. The van der Waals surface area contributed by atoms with Gasteiger partial charge in [-0.15, -0.1) is 0 Å². The van der Waals surface area contributed by atoms with Gasteiger partial charge in [0.1, 0.15) is 5.69 Å². The first kappa shape index (κ1) is 10.7. The minimum atomic E-state index is 0.947. The van der Waals surface area contributed by atoms with Crippen molar-refractivity contribution in [2.24, 2.45) is 0 Å².